The number of benzene rings is 1. The van der Waals surface area contributed by atoms with Crippen LogP contribution in [0.3, 0.4) is 0 Å². The number of hydrogen-bond donors (Lipinski definition) is 1. The number of ether oxygens (including phenoxy) is 1. The molecule has 1 N–H and O–H groups in total. The fraction of sp³-hybridized carbons (Fsp3) is 0.167. The van der Waals surface area contributed by atoms with Gasteiger partial charge in [-0.3, -0.25) is 4.79 Å². The van der Waals surface area contributed by atoms with E-state index in [1.807, 2.05) is 30.3 Å². The summed E-state index contributed by atoms with van der Waals surface area (Å²) in [6, 6.07) is 9.84. The van der Waals surface area contributed by atoms with Crippen molar-refractivity contribution in [1.82, 2.24) is 4.98 Å². The zero-order valence-corrected chi connectivity index (χ0v) is 8.70. The van der Waals surface area contributed by atoms with E-state index in [0.717, 1.165) is 16.6 Å². The fourth-order valence-electron chi connectivity index (χ4n) is 1.54. The highest BCUT2D eigenvalue weighted by atomic mass is 16.5. The van der Waals surface area contributed by atoms with E-state index in [1.165, 1.54) is 7.11 Å². The number of rotatable bonds is 2. The molecule has 1 heterocycles. The van der Waals surface area contributed by atoms with Crippen molar-refractivity contribution in [2.45, 2.75) is 6.92 Å². The normalized spacial score (nSPS) is 10.9. The number of methoxy groups -OCH3 is 1. The van der Waals surface area contributed by atoms with Gasteiger partial charge in [0.05, 0.1) is 7.11 Å². The van der Waals surface area contributed by atoms with Crippen molar-refractivity contribution in [1.29, 1.82) is 0 Å². The lowest BCUT2D eigenvalue weighted by Gasteiger charge is -2.04. The van der Waals surface area contributed by atoms with Gasteiger partial charge in [0.25, 0.3) is 0 Å². The summed E-state index contributed by atoms with van der Waals surface area (Å²) in [7, 11) is 1.38. The molecule has 0 unspecified atom stereocenters. The van der Waals surface area contributed by atoms with Gasteiger partial charge in [0.2, 0.25) is 0 Å². The molecule has 0 aliphatic heterocycles. The highest BCUT2D eigenvalue weighted by Crippen LogP contribution is 2.21. The first kappa shape index (κ1) is 9.77. The molecule has 0 aliphatic carbocycles. The average molecular weight is 202 g/mol. The van der Waals surface area contributed by atoms with Gasteiger partial charge < -0.3 is 9.72 Å². The van der Waals surface area contributed by atoms with E-state index in [-0.39, 0.29) is 5.97 Å². The Labute approximate surface area is 88.1 Å². The van der Waals surface area contributed by atoms with Gasteiger partial charge in [0, 0.05) is 11.2 Å². The minimum Gasteiger partial charge on any atom is -0.468 e. The van der Waals surface area contributed by atoms with Crippen molar-refractivity contribution in [2.75, 3.05) is 7.11 Å². The molecule has 0 saturated heterocycles. The summed E-state index contributed by atoms with van der Waals surface area (Å²) in [5.41, 5.74) is 1.83. The van der Waals surface area contributed by atoms with Crippen LogP contribution in [0.15, 0.2) is 30.3 Å². The van der Waals surface area contributed by atoms with Crippen molar-refractivity contribution in [2.24, 2.45) is 0 Å². The van der Waals surface area contributed by atoms with E-state index in [2.05, 4.69) is 9.72 Å². The number of H-pyrrole nitrogens is 1. The highest BCUT2D eigenvalue weighted by Gasteiger charge is 2.18. The van der Waals surface area contributed by atoms with Crippen LogP contribution in [0, 0.1) is 5.92 Å². The molecule has 15 heavy (non-hydrogen) atoms. The Morgan fingerprint density at radius 2 is 2.07 bits per heavy atom. The smallest absolute Gasteiger partial charge is 0.319 e. The molecule has 2 rings (SSSR count). The predicted octanol–water partition coefficient (Wildman–Crippen LogP) is 2.28. The Morgan fingerprint density at radius 3 is 2.73 bits per heavy atom. The maximum Gasteiger partial charge on any atom is 0.319 e. The van der Waals surface area contributed by atoms with Crippen LogP contribution >= 0.6 is 0 Å². The minimum atomic E-state index is -0.304. The summed E-state index contributed by atoms with van der Waals surface area (Å²) in [4.78, 5) is 14.5. The molecule has 0 amide bonds. The average Bonchev–Trinajstić information content (AvgIpc) is 2.70. The molecule has 0 aliphatic rings. The Hall–Kier alpha value is -1.77. The van der Waals surface area contributed by atoms with Gasteiger partial charge in [-0.25, -0.2) is 0 Å². The summed E-state index contributed by atoms with van der Waals surface area (Å²) in [5, 5.41) is 1.09. The molecule has 0 fully saturated rings. The lowest BCUT2D eigenvalue weighted by molar-refractivity contribution is -0.137. The molecule has 1 radical (unpaired) electrons. The molecule has 1 aromatic carbocycles. The van der Waals surface area contributed by atoms with E-state index in [0.29, 0.717) is 5.92 Å². The number of hydrogen-bond acceptors (Lipinski definition) is 2. The van der Waals surface area contributed by atoms with E-state index < -0.39 is 0 Å². The third-order valence-electron chi connectivity index (χ3n) is 2.43. The van der Waals surface area contributed by atoms with Crippen LogP contribution in [0.4, 0.5) is 0 Å². The van der Waals surface area contributed by atoms with Crippen molar-refractivity contribution < 1.29 is 9.53 Å². The first-order chi connectivity index (χ1) is 7.22. The molecule has 1 aromatic heterocycles. The lowest BCUT2D eigenvalue weighted by Crippen LogP contribution is -2.11. The van der Waals surface area contributed by atoms with E-state index in [1.54, 1.807) is 6.92 Å². The zero-order chi connectivity index (χ0) is 10.8. The Bertz CT molecular complexity index is 454. The number of aromatic nitrogens is 1. The van der Waals surface area contributed by atoms with Gasteiger partial charge in [-0.05, 0) is 24.4 Å². The second-order valence-corrected chi connectivity index (χ2v) is 3.39. The molecule has 0 saturated carbocycles. The van der Waals surface area contributed by atoms with Gasteiger partial charge in [-0.2, -0.15) is 0 Å². The number of carbonyl (C=O) groups excluding carboxylic acids is 1. The Balaban J connectivity index is 2.40. The quantitative estimate of drug-likeness (QED) is 0.759. The predicted molar refractivity (Wildman–Crippen MR) is 58.3 cm³/mol. The maximum absolute atomic E-state index is 11.3. The molecule has 0 spiro atoms. The molecule has 0 atom stereocenters. The van der Waals surface area contributed by atoms with E-state index >= 15 is 0 Å². The van der Waals surface area contributed by atoms with Crippen LogP contribution in [0.5, 0.6) is 0 Å². The lowest BCUT2D eigenvalue weighted by atomic mass is 10.1. The summed E-state index contributed by atoms with van der Waals surface area (Å²) >= 11 is 0. The summed E-state index contributed by atoms with van der Waals surface area (Å²) < 4.78 is 4.67. The highest BCUT2D eigenvalue weighted by molar-refractivity contribution is 5.91. The molecule has 77 valence electrons. The van der Waals surface area contributed by atoms with Gasteiger partial charge in [-0.15, -0.1) is 0 Å². The van der Waals surface area contributed by atoms with Crippen LogP contribution in [-0.4, -0.2) is 18.1 Å². The number of fused-ring (bicyclic) bond motifs is 1. The summed E-state index contributed by atoms with van der Waals surface area (Å²) in [6.45, 7) is 1.75. The standard InChI is InChI=1S/C12H12NO2/c1-8(12(14)15-2)11-7-9-5-3-4-6-10(9)13-11/h3-7,13H,1-2H3. The Kier molecular flexibility index (Phi) is 2.46. The maximum atomic E-state index is 11.3. The van der Waals surface area contributed by atoms with Gasteiger partial charge in [0.15, 0.2) is 0 Å². The number of aromatic amines is 1. The number of nitrogens with one attached hydrogen (secondary N) is 1. The van der Waals surface area contributed by atoms with Crippen LogP contribution in [0.2, 0.25) is 0 Å². The molecule has 2 aromatic rings. The number of carbonyl (C=O) groups is 1. The third kappa shape index (κ3) is 1.73. The first-order valence-electron chi connectivity index (χ1n) is 4.72. The monoisotopic (exact) mass is 202 g/mol. The van der Waals surface area contributed by atoms with Crippen LogP contribution in [-0.2, 0) is 9.53 Å². The number of esters is 1. The van der Waals surface area contributed by atoms with Crippen LogP contribution in [0.25, 0.3) is 10.9 Å². The van der Waals surface area contributed by atoms with Gasteiger partial charge in [-0.1, -0.05) is 18.2 Å². The zero-order valence-electron chi connectivity index (χ0n) is 8.70. The van der Waals surface area contributed by atoms with E-state index in [9.17, 15) is 4.79 Å². The fourth-order valence-corrected chi connectivity index (χ4v) is 1.54. The number of para-hydroxylation sites is 1. The van der Waals surface area contributed by atoms with Crippen molar-refractivity contribution in [3.05, 3.63) is 41.9 Å². The molecular weight excluding hydrogens is 190 g/mol. The third-order valence-corrected chi connectivity index (χ3v) is 2.43. The van der Waals surface area contributed by atoms with E-state index in [4.69, 9.17) is 0 Å². The van der Waals surface area contributed by atoms with Crippen molar-refractivity contribution in [3.63, 3.8) is 0 Å². The SMILES string of the molecule is COC(=O)[C](C)c1cc2ccccc2[nH]1. The Morgan fingerprint density at radius 1 is 1.33 bits per heavy atom. The van der Waals surface area contributed by atoms with Gasteiger partial charge in [0.1, 0.15) is 5.92 Å². The second kappa shape index (κ2) is 3.77. The molecular formula is C12H12NO2. The molecule has 0 bridgehead atoms. The molecule has 3 nitrogen and oxygen atoms in total. The molecule has 3 heteroatoms. The summed E-state index contributed by atoms with van der Waals surface area (Å²) in [5.74, 6) is 0.287. The van der Waals surface area contributed by atoms with Crippen LogP contribution < -0.4 is 0 Å². The van der Waals surface area contributed by atoms with Crippen molar-refractivity contribution in [3.8, 4) is 0 Å². The largest absolute Gasteiger partial charge is 0.468 e. The topological polar surface area (TPSA) is 42.1 Å². The minimum absolute atomic E-state index is 0.304. The summed E-state index contributed by atoms with van der Waals surface area (Å²) in [6.07, 6.45) is 0. The second-order valence-electron chi connectivity index (χ2n) is 3.39. The van der Waals surface area contributed by atoms with Gasteiger partial charge >= 0.3 is 5.97 Å². The van der Waals surface area contributed by atoms with Crippen LogP contribution in [0.1, 0.15) is 12.6 Å². The first-order valence-corrected chi connectivity index (χ1v) is 4.72. The van der Waals surface area contributed by atoms with Crippen molar-refractivity contribution >= 4 is 16.9 Å².